The normalized spacial score (nSPS) is 10.5. The fourth-order valence-corrected chi connectivity index (χ4v) is 2.41. The average molecular weight is 306 g/mol. The number of aryl methyl sites for hydroxylation is 2. The van der Waals surface area contributed by atoms with Gasteiger partial charge in [0, 0.05) is 11.3 Å². The van der Waals surface area contributed by atoms with Gasteiger partial charge in [0.2, 0.25) is 0 Å². The van der Waals surface area contributed by atoms with Crippen molar-refractivity contribution in [3.8, 4) is 11.3 Å². The molecule has 0 atom stereocenters. The second-order valence-corrected chi connectivity index (χ2v) is 5.40. The van der Waals surface area contributed by atoms with E-state index in [0.29, 0.717) is 5.76 Å². The molecule has 0 aliphatic rings. The number of hydrogen-bond acceptors (Lipinski definition) is 3. The lowest BCUT2D eigenvalue weighted by Gasteiger charge is -2.06. The van der Waals surface area contributed by atoms with E-state index >= 15 is 0 Å². The second-order valence-electron chi connectivity index (χ2n) is 5.40. The SMILES string of the molecule is CCc1ccc(NC(=O)c2ncoc2-c2cccc(C)c2)cc1. The Labute approximate surface area is 135 Å². The van der Waals surface area contributed by atoms with Crippen LogP contribution in [0.3, 0.4) is 0 Å². The van der Waals surface area contributed by atoms with Crippen LogP contribution in [-0.2, 0) is 6.42 Å². The van der Waals surface area contributed by atoms with Crippen LogP contribution in [0.25, 0.3) is 11.3 Å². The van der Waals surface area contributed by atoms with Crippen LogP contribution >= 0.6 is 0 Å². The lowest BCUT2D eigenvalue weighted by molar-refractivity contribution is 0.102. The van der Waals surface area contributed by atoms with Crippen molar-refractivity contribution in [2.24, 2.45) is 0 Å². The monoisotopic (exact) mass is 306 g/mol. The number of benzene rings is 2. The molecule has 3 rings (SSSR count). The summed E-state index contributed by atoms with van der Waals surface area (Å²) in [6.07, 6.45) is 2.27. The molecule has 0 saturated heterocycles. The van der Waals surface area contributed by atoms with Gasteiger partial charge in [0.1, 0.15) is 0 Å². The number of oxazole rings is 1. The zero-order valence-corrected chi connectivity index (χ0v) is 13.2. The van der Waals surface area contributed by atoms with Gasteiger partial charge in [-0.2, -0.15) is 0 Å². The molecule has 1 heterocycles. The third kappa shape index (κ3) is 3.31. The Kier molecular flexibility index (Phi) is 4.24. The largest absolute Gasteiger partial charge is 0.443 e. The topological polar surface area (TPSA) is 55.1 Å². The van der Waals surface area contributed by atoms with Crippen molar-refractivity contribution < 1.29 is 9.21 Å². The maximum absolute atomic E-state index is 12.5. The quantitative estimate of drug-likeness (QED) is 0.774. The van der Waals surface area contributed by atoms with Gasteiger partial charge in [-0.25, -0.2) is 4.98 Å². The van der Waals surface area contributed by atoms with Crippen molar-refractivity contribution in [2.45, 2.75) is 20.3 Å². The lowest BCUT2D eigenvalue weighted by Crippen LogP contribution is -2.13. The summed E-state index contributed by atoms with van der Waals surface area (Å²) in [6, 6.07) is 15.6. The van der Waals surface area contributed by atoms with Crippen LogP contribution in [0.2, 0.25) is 0 Å². The van der Waals surface area contributed by atoms with Gasteiger partial charge < -0.3 is 9.73 Å². The van der Waals surface area contributed by atoms with Gasteiger partial charge in [-0.3, -0.25) is 4.79 Å². The van der Waals surface area contributed by atoms with Gasteiger partial charge >= 0.3 is 0 Å². The molecule has 116 valence electrons. The molecule has 0 unspecified atom stereocenters. The molecule has 23 heavy (non-hydrogen) atoms. The smallest absolute Gasteiger partial charge is 0.278 e. The zero-order chi connectivity index (χ0) is 16.2. The number of anilines is 1. The molecule has 4 heteroatoms. The number of amides is 1. The maximum Gasteiger partial charge on any atom is 0.278 e. The summed E-state index contributed by atoms with van der Waals surface area (Å²) in [7, 11) is 0. The van der Waals surface area contributed by atoms with Crippen LogP contribution in [0.15, 0.2) is 59.3 Å². The first-order valence-electron chi connectivity index (χ1n) is 7.58. The zero-order valence-electron chi connectivity index (χ0n) is 13.2. The predicted molar refractivity (Wildman–Crippen MR) is 90.4 cm³/mol. The van der Waals surface area contributed by atoms with Gasteiger partial charge in [-0.1, -0.05) is 42.8 Å². The molecule has 4 nitrogen and oxygen atoms in total. The fraction of sp³-hybridized carbons (Fsp3) is 0.158. The Morgan fingerprint density at radius 1 is 1.17 bits per heavy atom. The van der Waals surface area contributed by atoms with E-state index in [4.69, 9.17) is 4.42 Å². The first-order chi connectivity index (χ1) is 11.2. The van der Waals surface area contributed by atoms with Crippen molar-refractivity contribution in [1.29, 1.82) is 0 Å². The molecular formula is C19H18N2O2. The number of nitrogens with one attached hydrogen (secondary N) is 1. The second kappa shape index (κ2) is 6.48. The minimum absolute atomic E-state index is 0.278. The summed E-state index contributed by atoms with van der Waals surface area (Å²) in [4.78, 5) is 16.5. The van der Waals surface area contributed by atoms with E-state index in [2.05, 4.69) is 17.2 Å². The molecule has 1 amide bonds. The van der Waals surface area contributed by atoms with Crippen LogP contribution in [-0.4, -0.2) is 10.9 Å². The van der Waals surface area contributed by atoms with Crippen molar-refractivity contribution in [3.63, 3.8) is 0 Å². The van der Waals surface area contributed by atoms with Crippen LogP contribution in [0.1, 0.15) is 28.5 Å². The molecule has 1 aromatic heterocycles. The standard InChI is InChI=1S/C19H18N2O2/c1-3-14-7-9-16(10-8-14)21-19(22)17-18(23-12-20-17)15-6-4-5-13(2)11-15/h4-12H,3H2,1-2H3,(H,21,22). The number of rotatable bonds is 4. The minimum atomic E-state index is -0.278. The number of carbonyl (C=O) groups is 1. The molecule has 3 aromatic rings. The summed E-state index contributed by atoms with van der Waals surface area (Å²) in [5.41, 5.74) is 4.19. The predicted octanol–water partition coefficient (Wildman–Crippen LogP) is 4.46. The van der Waals surface area contributed by atoms with E-state index in [1.165, 1.54) is 12.0 Å². The first kappa shape index (κ1) is 15.0. The molecular weight excluding hydrogens is 288 g/mol. The Bertz CT molecular complexity index is 819. The van der Waals surface area contributed by atoms with E-state index in [0.717, 1.165) is 23.2 Å². The summed E-state index contributed by atoms with van der Waals surface area (Å²) < 4.78 is 5.43. The highest BCUT2D eigenvalue weighted by atomic mass is 16.3. The molecule has 0 saturated carbocycles. The van der Waals surface area contributed by atoms with Crippen molar-refractivity contribution >= 4 is 11.6 Å². The van der Waals surface area contributed by atoms with Crippen LogP contribution in [0.5, 0.6) is 0 Å². The Morgan fingerprint density at radius 2 is 1.96 bits per heavy atom. The molecule has 1 N–H and O–H groups in total. The van der Waals surface area contributed by atoms with E-state index in [-0.39, 0.29) is 11.6 Å². The number of nitrogens with zero attached hydrogens (tertiary/aromatic N) is 1. The molecule has 0 spiro atoms. The summed E-state index contributed by atoms with van der Waals surface area (Å²) in [5.74, 6) is 0.205. The van der Waals surface area contributed by atoms with E-state index < -0.39 is 0 Å². The van der Waals surface area contributed by atoms with Crippen LogP contribution in [0.4, 0.5) is 5.69 Å². The van der Waals surface area contributed by atoms with Gasteiger partial charge in [0.05, 0.1) is 0 Å². The number of carbonyl (C=O) groups excluding carboxylic acids is 1. The summed E-state index contributed by atoms with van der Waals surface area (Å²) in [5, 5.41) is 2.86. The van der Waals surface area contributed by atoms with E-state index in [1.54, 1.807) is 0 Å². The molecule has 0 fully saturated rings. The third-order valence-electron chi connectivity index (χ3n) is 3.68. The minimum Gasteiger partial charge on any atom is -0.443 e. The van der Waals surface area contributed by atoms with E-state index in [9.17, 15) is 4.79 Å². The highest BCUT2D eigenvalue weighted by Gasteiger charge is 2.18. The molecule has 0 radical (unpaired) electrons. The molecule has 0 aliphatic carbocycles. The first-order valence-corrected chi connectivity index (χ1v) is 7.58. The third-order valence-corrected chi connectivity index (χ3v) is 3.68. The van der Waals surface area contributed by atoms with Crippen molar-refractivity contribution in [2.75, 3.05) is 5.32 Å². The van der Waals surface area contributed by atoms with Crippen molar-refractivity contribution in [1.82, 2.24) is 4.98 Å². The van der Waals surface area contributed by atoms with Crippen LogP contribution in [0, 0.1) is 6.92 Å². The Hall–Kier alpha value is -2.88. The van der Waals surface area contributed by atoms with Crippen LogP contribution < -0.4 is 5.32 Å². The highest BCUT2D eigenvalue weighted by molar-refractivity contribution is 6.06. The molecule has 0 bridgehead atoms. The molecule has 0 aliphatic heterocycles. The number of aromatic nitrogens is 1. The van der Waals surface area contributed by atoms with Gasteiger partial charge in [-0.15, -0.1) is 0 Å². The van der Waals surface area contributed by atoms with Gasteiger partial charge in [0.15, 0.2) is 17.8 Å². The average Bonchev–Trinajstić information content (AvgIpc) is 3.05. The maximum atomic E-state index is 12.5. The Morgan fingerprint density at radius 3 is 2.65 bits per heavy atom. The highest BCUT2D eigenvalue weighted by Crippen LogP contribution is 2.24. The summed E-state index contributed by atoms with van der Waals surface area (Å²) >= 11 is 0. The molecule has 2 aromatic carbocycles. The van der Waals surface area contributed by atoms with Crippen molar-refractivity contribution in [3.05, 3.63) is 71.7 Å². The number of hydrogen-bond donors (Lipinski definition) is 1. The summed E-state index contributed by atoms with van der Waals surface area (Å²) in [6.45, 7) is 4.09. The lowest BCUT2D eigenvalue weighted by atomic mass is 10.1. The van der Waals surface area contributed by atoms with E-state index in [1.807, 2.05) is 55.5 Å². The Balaban J connectivity index is 1.84. The van der Waals surface area contributed by atoms with Gasteiger partial charge in [0.25, 0.3) is 5.91 Å². The van der Waals surface area contributed by atoms with Gasteiger partial charge in [-0.05, 0) is 37.1 Å². The fourth-order valence-electron chi connectivity index (χ4n) is 2.41.